The van der Waals surface area contributed by atoms with Crippen LogP contribution in [-0.2, 0) is 11.3 Å². The molecule has 0 aliphatic heterocycles. The molecule has 0 bridgehead atoms. The summed E-state index contributed by atoms with van der Waals surface area (Å²) < 4.78 is 6.79. The third kappa shape index (κ3) is 4.15. The second-order valence-electron chi connectivity index (χ2n) is 5.87. The van der Waals surface area contributed by atoms with Crippen molar-refractivity contribution in [2.24, 2.45) is 0 Å². The van der Waals surface area contributed by atoms with Crippen molar-refractivity contribution in [1.82, 2.24) is 25.1 Å². The molecule has 0 unspecified atom stereocenters. The number of aryl methyl sites for hydroxylation is 1. The topological polar surface area (TPSA) is 94.0 Å². The number of nitrogens with one attached hydrogen (secondary N) is 2. The van der Waals surface area contributed by atoms with E-state index in [2.05, 4.69) is 25.7 Å². The van der Waals surface area contributed by atoms with Gasteiger partial charge in [0.25, 0.3) is 5.91 Å². The van der Waals surface area contributed by atoms with Crippen LogP contribution >= 0.6 is 0 Å². The highest BCUT2D eigenvalue weighted by atomic mass is 16.5. The number of hydrogen-bond donors (Lipinski definition) is 2. The quantitative estimate of drug-likeness (QED) is 0.597. The van der Waals surface area contributed by atoms with Crippen molar-refractivity contribution in [2.45, 2.75) is 13.5 Å². The van der Waals surface area contributed by atoms with E-state index in [1.807, 2.05) is 31.2 Å². The van der Waals surface area contributed by atoms with Gasteiger partial charge in [0.1, 0.15) is 12.1 Å². The van der Waals surface area contributed by atoms with Gasteiger partial charge in [-0.3, -0.25) is 4.79 Å². The summed E-state index contributed by atoms with van der Waals surface area (Å²) in [7, 11) is 1.65. The zero-order valence-corrected chi connectivity index (χ0v) is 14.9. The lowest BCUT2D eigenvalue weighted by Gasteiger charge is -2.07. The van der Waals surface area contributed by atoms with Gasteiger partial charge in [0.05, 0.1) is 24.7 Å². The van der Waals surface area contributed by atoms with Crippen molar-refractivity contribution in [3.63, 3.8) is 0 Å². The van der Waals surface area contributed by atoms with Gasteiger partial charge in [0.2, 0.25) is 0 Å². The van der Waals surface area contributed by atoms with Crippen molar-refractivity contribution in [3.05, 3.63) is 47.9 Å². The summed E-state index contributed by atoms with van der Waals surface area (Å²) >= 11 is 0. The number of rotatable bonds is 8. The molecule has 0 radical (unpaired) electrons. The minimum absolute atomic E-state index is 0.0991. The van der Waals surface area contributed by atoms with Crippen molar-refractivity contribution in [2.75, 3.05) is 32.1 Å². The molecular formula is C18H22N6O2. The van der Waals surface area contributed by atoms with E-state index in [0.717, 1.165) is 22.4 Å². The van der Waals surface area contributed by atoms with Crippen LogP contribution in [0.25, 0.3) is 11.0 Å². The van der Waals surface area contributed by atoms with Crippen LogP contribution in [0.2, 0.25) is 0 Å². The molecule has 0 saturated heterocycles. The van der Waals surface area contributed by atoms with E-state index in [9.17, 15) is 4.79 Å². The lowest BCUT2D eigenvalue weighted by atomic mass is 10.1. The lowest BCUT2D eigenvalue weighted by molar-refractivity contribution is 0.0952. The molecule has 0 aliphatic rings. The molecule has 3 aromatic rings. The summed E-state index contributed by atoms with van der Waals surface area (Å²) in [5.74, 6) is 0.625. The maximum Gasteiger partial charge on any atom is 0.251 e. The largest absolute Gasteiger partial charge is 0.383 e. The van der Waals surface area contributed by atoms with E-state index in [1.165, 1.54) is 6.33 Å². The Labute approximate surface area is 151 Å². The molecule has 2 heterocycles. The summed E-state index contributed by atoms with van der Waals surface area (Å²) in [5, 5.41) is 11.3. The Bertz CT molecular complexity index is 875. The van der Waals surface area contributed by atoms with Gasteiger partial charge in [-0.15, -0.1) is 0 Å². The summed E-state index contributed by atoms with van der Waals surface area (Å²) in [6.07, 6.45) is 3.23. The Morgan fingerprint density at radius 3 is 2.77 bits per heavy atom. The van der Waals surface area contributed by atoms with E-state index in [0.29, 0.717) is 31.8 Å². The van der Waals surface area contributed by atoms with Crippen LogP contribution in [0.5, 0.6) is 0 Å². The van der Waals surface area contributed by atoms with Crippen molar-refractivity contribution in [3.8, 4) is 0 Å². The molecule has 1 amide bonds. The predicted octanol–water partition coefficient (Wildman–Crippen LogP) is 1.62. The van der Waals surface area contributed by atoms with Gasteiger partial charge in [-0.1, -0.05) is 17.7 Å². The van der Waals surface area contributed by atoms with E-state index < -0.39 is 0 Å². The van der Waals surface area contributed by atoms with E-state index in [1.54, 1.807) is 18.0 Å². The molecule has 0 aliphatic carbocycles. The first-order valence-corrected chi connectivity index (χ1v) is 8.43. The molecule has 0 fully saturated rings. The summed E-state index contributed by atoms with van der Waals surface area (Å²) in [5.41, 5.74) is 2.50. The van der Waals surface area contributed by atoms with Gasteiger partial charge < -0.3 is 15.4 Å². The van der Waals surface area contributed by atoms with Crippen LogP contribution in [-0.4, -0.2) is 52.5 Å². The van der Waals surface area contributed by atoms with Gasteiger partial charge in [0, 0.05) is 25.8 Å². The minimum atomic E-state index is -0.0991. The number of fused-ring (bicyclic) bond motifs is 1. The number of aromatic nitrogens is 4. The number of carbonyl (C=O) groups excluding carboxylic acids is 1. The first kappa shape index (κ1) is 17.8. The van der Waals surface area contributed by atoms with Crippen LogP contribution < -0.4 is 10.6 Å². The first-order valence-electron chi connectivity index (χ1n) is 8.43. The average Bonchev–Trinajstić information content (AvgIpc) is 3.06. The standard InChI is InChI=1S/C18H22N6O2/c1-13-3-5-14(6-4-13)18(25)20-7-9-24-17-15(11-23-24)16(21-12-22-17)19-8-10-26-2/h3-6,11-12H,7-10H2,1-2H3,(H,20,25)(H,19,21,22). The molecule has 8 heteroatoms. The molecule has 8 nitrogen and oxygen atoms in total. The van der Waals surface area contributed by atoms with Gasteiger partial charge in [-0.2, -0.15) is 5.10 Å². The molecule has 0 atom stereocenters. The number of amides is 1. The number of ether oxygens (including phenoxy) is 1. The second kappa shape index (κ2) is 8.39. The van der Waals surface area contributed by atoms with Gasteiger partial charge >= 0.3 is 0 Å². The fourth-order valence-electron chi connectivity index (χ4n) is 2.55. The third-order valence-corrected chi connectivity index (χ3v) is 3.96. The number of methoxy groups -OCH3 is 1. The predicted molar refractivity (Wildman–Crippen MR) is 99.2 cm³/mol. The highest BCUT2D eigenvalue weighted by molar-refractivity contribution is 5.94. The molecule has 2 N–H and O–H groups in total. The normalized spacial score (nSPS) is 10.8. The lowest BCUT2D eigenvalue weighted by Crippen LogP contribution is -2.27. The van der Waals surface area contributed by atoms with Crippen LogP contribution in [0, 0.1) is 6.92 Å². The maximum atomic E-state index is 12.2. The van der Waals surface area contributed by atoms with E-state index in [-0.39, 0.29) is 5.91 Å². The molecule has 0 saturated carbocycles. The molecule has 136 valence electrons. The maximum absolute atomic E-state index is 12.2. The number of anilines is 1. The Morgan fingerprint density at radius 2 is 2.00 bits per heavy atom. The molecule has 3 rings (SSSR count). The smallest absolute Gasteiger partial charge is 0.251 e. The fourth-order valence-corrected chi connectivity index (χ4v) is 2.55. The SMILES string of the molecule is COCCNc1ncnc2c1cnn2CCNC(=O)c1ccc(C)cc1. The molecule has 1 aromatic carbocycles. The molecule has 0 spiro atoms. The second-order valence-corrected chi connectivity index (χ2v) is 5.87. The summed E-state index contributed by atoms with van der Waals surface area (Å²) in [6.45, 7) is 4.21. The van der Waals surface area contributed by atoms with Crippen molar-refractivity contribution >= 4 is 22.8 Å². The number of hydrogen-bond acceptors (Lipinski definition) is 6. The van der Waals surface area contributed by atoms with Crippen LogP contribution in [0.1, 0.15) is 15.9 Å². The third-order valence-electron chi connectivity index (χ3n) is 3.96. The molecule has 26 heavy (non-hydrogen) atoms. The Kier molecular flexibility index (Phi) is 5.75. The van der Waals surface area contributed by atoms with E-state index in [4.69, 9.17) is 4.74 Å². The Hall–Kier alpha value is -3.00. The van der Waals surface area contributed by atoms with Crippen LogP contribution in [0.4, 0.5) is 5.82 Å². The van der Waals surface area contributed by atoms with Gasteiger partial charge in [-0.25, -0.2) is 14.6 Å². The zero-order chi connectivity index (χ0) is 18.4. The minimum Gasteiger partial charge on any atom is -0.383 e. The molecule has 2 aromatic heterocycles. The van der Waals surface area contributed by atoms with Crippen molar-refractivity contribution < 1.29 is 9.53 Å². The number of nitrogens with zero attached hydrogens (tertiary/aromatic N) is 4. The summed E-state index contributed by atoms with van der Waals surface area (Å²) in [4.78, 5) is 20.7. The average molecular weight is 354 g/mol. The Balaban J connectivity index is 1.61. The molecular weight excluding hydrogens is 332 g/mol. The highest BCUT2D eigenvalue weighted by Crippen LogP contribution is 2.18. The van der Waals surface area contributed by atoms with Crippen molar-refractivity contribution in [1.29, 1.82) is 0 Å². The summed E-state index contributed by atoms with van der Waals surface area (Å²) in [6, 6.07) is 7.48. The van der Waals surface area contributed by atoms with Crippen LogP contribution in [0.3, 0.4) is 0 Å². The number of carbonyl (C=O) groups is 1. The van der Waals surface area contributed by atoms with Crippen LogP contribution in [0.15, 0.2) is 36.8 Å². The highest BCUT2D eigenvalue weighted by Gasteiger charge is 2.10. The monoisotopic (exact) mass is 354 g/mol. The van der Waals surface area contributed by atoms with Gasteiger partial charge in [0.15, 0.2) is 5.65 Å². The first-order chi connectivity index (χ1) is 12.7. The van der Waals surface area contributed by atoms with Gasteiger partial charge in [-0.05, 0) is 19.1 Å². The Morgan fingerprint density at radius 1 is 1.19 bits per heavy atom. The van der Waals surface area contributed by atoms with E-state index >= 15 is 0 Å². The zero-order valence-electron chi connectivity index (χ0n) is 14.9. The fraction of sp³-hybridized carbons (Fsp3) is 0.333. The number of benzene rings is 1.